The number of nitrogens with zero attached hydrogens (tertiary/aromatic N) is 1. The molecule has 0 N–H and O–H groups in total. The third-order valence-corrected chi connectivity index (χ3v) is 10.7. The third kappa shape index (κ3) is 4.05. The van der Waals surface area contributed by atoms with E-state index in [0.717, 1.165) is 0 Å². The van der Waals surface area contributed by atoms with Crippen LogP contribution < -0.4 is 5.30 Å². The molecular formula is C21H38NP+2. The van der Waals surface area contributed by atoms with E-state index in [1.54, 1.807) is 0 Å². The zero-order valence-electron chi connectivity index (χ0n) is 17.0. The Kier molecular flexibility index (Phi) is 6.25. The topological polar surface area (TPSA) is 3.01 Å². The molecule has 0 spiro atoms. The molecule has 0 saturated heterocycles. The second kappa shape index (κ2) is 7.06. The van der Waals surface area contributed by atoms with Gasteiger partial charge in [0.05, 0.1) is 10.3 Å². The average molecular weight is 336 g/mol. The van der Waals surface area contributed by atoms with Crippen molar-refractivity contribution in [2.75, 3.05) is 0 Å². The highest BCUT2D eigenvalue weighted by atomic mass is 31.2. The van der Waals surface area contributed by atoms with Crippen molar-refractivity contribution in [3.63, 3.8) is 0 Å². The molecule has 0 aliphatic rings. The lowest BCUT2D eigenvalue weighted by Crippen LogP contribution is -2.44. The second-order valence-electron chi connectivity index (χ2n) is 9.15. The largest absolute Gasteiger partial charge is 0.282 e. The van der Waals surface area contributed by atoms with Gasteiger partial charge in [0.15, 0.2) is 12.1 Å². The maximum atomic E-state index is 2.65. The lowest BCUT2D eigenvalue weighted by molar-refractivity contribution is -0.581. The van der Waals surface area contributed by atoms with E-state index >= 15 is 0 Å². The van der Waals surface area contributed by atoms with Crippen LogP contribution in [-0.2, 0) is 0 Å². The van der Waals surface area contributed by atoms with Gasteiger partial charge in [-0.15, -0.1) is 0 Å². The molecule has 0 amide bonds. The first-order valence-electron chi connectivity index (χ1n) is 8.92. The van der Waals surface area contributed by atoms with Crippen molar-refractivity contribution >= 4 is 18.5 Å². The van der Waals surface area contributed by atoms with Crippen LogP contribution in [0.3, 0.4) is 0 Å². The van der Waals surface area contributed by atoms with Crippen LogP contribution in [0.15, 0.2) is 30.3 Å². The molecule has 0 radical (unpaired) electrons. The van der Waals surface area contributed by atoms with Crippen molar-refractivity contribution in [3.05, 3.63) is 30.3 Å². The van der Waals surface area contributed by atoms with Gasteiger partial charge in [-0.3, -0.25) is 0 Å². The molecule has 1 nitrogen and oxygen atoms in total. The summed E-state index contributed by atoms with van der Waals surface area (Å²) < 4.78 is 2.58. The minimum atomic E-state index is -1.58. The minimum absolute atomic E-state index is 0.217. The zero-order valence-corrected chi connectivity index (χ0v) is 17.9. The van der Waals surface area contributed by atoms with Crippen molar-refractivity contribution in [3.8, 4) is 0 Å². The first-order chi connectivity index (χ1) is 10.3. The lowest BCUT2D eigenvalue weighted by atomic mass is 10.2. The number of hydrogen-bond donors (Lipinski definition) is 0. The molecule has 1 rings (SSSR count). The van der Waals surface area contributed by atoms with Gasteiger partial charge in [0.1, 0.15) is 12.6 Å². The van der Waals surface area contributed by atoms with Crippen molar-refractivity contribution in [2.24, 2.45) is 0 Å². The Bertz CT molecular complexity index is 503. The minimum Gasteiger partial charge on any atom is -0.203 e. The fourth-order valence-electron chi connectivity index (χ4n) is 3.92. The SMILES string of the molecule is CC(C)[N+](=C[P+](c1ccccc1)(C(C)(C)C)C(C)(C)C)C(C)C. The molecule has 0 aromatic heterocycles. The highest BCUT2D eigenvalue weighted by Crippen LogP contribution is 2.73. The summed E-state index contributed by atoms with van der Waals surface area (Å²) in [5.41, 5.74) is 0. The van der Waals surface area contributed by atoms with Gasteiger partial charge in [0.2, 0.25) is 0 Å². The van der Waals surface area contributed by atoms with E-state index in [0.29, 0.717) is 12.1 Å². The molecular weight excluding hydrogens is 297 g/mol. The molecule has 130 valence electrons. The Morgan fingerprint density at radius 2 is 1.17 bits per heavy atom. The smallest absolute Gasteiger partial charge is 0.203 e. The summed E-state index contributed by atoms with van der Waals surface area (Å²) in [6.07, 6.45) is 0. The van der Waals surface area contributed by atoms with E-state index < -0.39 is 7.26 Å². The van der Waals surface area contributed by atoms with Crippen LogP contribution in [0, 0.1) is 0 Å². The van der Waals surface area contributed by atoms with Crippen molar-refractivity contribution in [2.45, 2.75) is 91.6 Å². The van der Waals surface area contributed by atoms with Gasteiger partial charge in [-0.1, -0.05) is 18.2 Å². The van der Waals surface area contributed by atoms with E-state index in [2.05, 4.69) is 110 Å². The maximum Gasteiger partial charge on any atom is 0.282 e. The highest BCUT2D eigenvalue weighted by Gasteiger charge is 2.62. The Morgan fingerprint density at radius 3 is 1.48 bits per heavy atom. The predicted molar refractivity (Wildman–Crippen MR) is 109 cm³/mol. The Hall–Kier alpha value is -0.680. The monoisotopic (exact) mass is 335 g/mol. The summed E-state index contributed by atoms with van der Waals surface area (Å²) in [6, 6.07) is 12.3. The average Bonchev–Trinajstić information content (AvgIpc) is 2.36. The number of rotatable bonds is 4. The van der Waals surface area contributed by atoms with Crippen LogP contribution in [-0.4, -0.2) is 32.9 Å². The van der Waals surface area contributed by atoms with Gasteiger partial charge >= 0.3 is 0 Å². The predicted octanol–water partition coefficient (Wildman–Crippen LogP) is 5.78. The molecule has 0 aliphatic heterocycles. The standard InChI is InChI=1S/C21H38NP/c1-17(2)22(18(3)4)16-23(20(5,6)7,21(8,9)10)19-14-12-11-13-15-19/h11-18H,1-10H3/q+2. The quantitative estimate of drug-likeness (QED) is 0.372. The normalized spacial score (nSPS) is 13.6. The van der Waals surface area contributed by atoms with Gasteiger partial charge < -0.3 is 0 Å². The number of hydrogen-bond acceptors (Lipinski definition) is 0. The third-order valence-electron chi connectivity index (χ3n) is 4.78. The van der Waals surface area contributed by atoms with Crippen LogP contribution in [0.1, 0.15) is 69.2 Å². The molecule has 2 heteroatoms. The molecule has 0 unspecified atom stereocenters. The van der Waals surface area contributed by atoms with Gasteiger partial charge in [-0.2, -0.15) is 0 Å². The highest BCUT2D eigenvalue weighted by molar-refractivity contribution is 7.97. The fourth-order valence-corrected chi connectivity index (χ4v) is 9.88. The molecule has 0 aliphatic carbocycles. The van der Waals surface area contributed by atoms with Crippen LogP contribution in [0.5, 0.6) is 0 Å². The molecule has 23 heavy (non-hydrogen) atoms. The summed E-state index contributed by atoms with van der Waals surface area (Å²) in [7, 11) is -1.58. The second-order valence-corrected chi connectivity index (χ2v) is 14.0. The summed E-state index contributed by atoms with van der Waals surface area (Å²) in [4.78, 5) is 0. The molecule has 1 aromatic rings. The molecule has 0 heterocycles. The number of benzene rings is 1. The Labute approximate surface area is 145 Å². The fraction of sp³-hybridized carbons (Fsp3) is 0.667. The van der Waals surface area contributed by atoms with E-state index in [1.165, 1.54) is 5.30 Å². The Balaban J connectivity index is 3.83. The summed E-state index contributed by atoms with van der Waals surface area (Å²) in [5.74, 6) is 2.65. The first-order valence-corrected chi connectivity index (χ1v) is 10.8. The van der Waals surface area contributed by atoms with E-state index in [-0.39, 0.29) is 10.3 Å². The molecule has 0 fully saturated rings. The zero-order chi connectivity index (χ0) is 18.1. The summed E-state index contributed by atoms with van der Waals surface area (Å²) in [6.45, 7) is 23.8. The van der Waals surface area contributed by atoms with Crippen LogP contribution >= 0.6 is 7.26 Å². The lowest BCUT2D eigenvalue weighted by Gasteiger charge is -2.42. The molecule has 0 atom stereocenters. The van der Waals surface area contributed by atoms with Crippen molar-refractivity contribution in [1.82, 2.24) is 0 Å². The Morgan fingerprint density at radius 1 is 0.783 bits per heavy atom. The molecule has 0 saturated carbocycles. The maximum absolute atomic E-state index is 2.65. The van der Waals surface area contributed by atoms with Crippen LogP contribution in [0.2, 0.25) is 0 Å². The molecule has 0 bridgehead atoms. The van der Waals surface area contributed by atoms with Gasteiger partial charge in [-0.05, 0) is 81.4 Å². The van der Waals surface area contributed by atoms with Crippen molar-refractivity contribution < 1.29 is 4.58 Å². The van der Waals surface area contributed by atoms with E-state index in [9.17, 15) is 0 Å². The van der Waals surface area contributed by atoms with Gasteiger partial charge in [0, 0.05) is 0 Å². The van der Waals surface area contributed by atoms with E-state index in [4.69, 9.17) is 0 Å². The van der Waals surface area contributed by atoms with Crippen LogP contribution in [0.4, 0.5) is 0 Å². The summed E-state index contributed by atoms with van der Waals surface area (Å²) >= 11 is 0. The first kappa shape index (κ1) is 20.4. The van der Waals surface area contributed by atoms with Gasteiger partial charge in [0.25, 0.3) is 5.96 Å². The van der Waals surface area contributed by atoms with Gasteiger partial charge in [-0.25, -0.2) is 4.58 Å². The van der Waals surface area contributed by atoms with Crippen LogP contribution in [0.25, 0.3) is 0 Å². The van der Waals surface area contributed by atoms with E-state index in [1.807, 2.05) is 0 Å². The van der Waals surface area contributed by atoms with Crippen molar-refractivity contribution in [1.29, 1.82) is 0 Å². The summed E-state index contributed by atoms with van der Waals surface area (Å²) in [5, 5.41) is 1.95. The molecule has 1 aromatic carbocycles.